The van der Waals surface area contributed by atoms with E-state index in [1.807, 2.05) is 24.3 Å². The topological polar surface area (TPSA) is 58.6 Å². The highest BCUT2D eigenvalue weighted by Gasteiger charge is 2.17. The molecule has 0 saturated carbocycles. The minimum absolute atomic E-state index is 0.0745. The van der Waals surface area contributed by atoms with Crippen LogP contribution >= 0.6 is 0 Å². The second-order valence-corrected chi connectivity index (χ2v) is 7.38. The van der Waals surface area contributed by atoms with E-state index in [2.05, 4.69) is 26.1 Å². The third kappa shape index (κ3) is 5.58. The summed E-state index contributed by atoms with van der Waals surface area (Å²) in [4.78, 5) is 25.4. The maximum Gasteiger partial charge on any atom is 0.262 e. The number of nitrogens with one attached hydrogen (secondary N) is 1. The Balaban J connectivity index is 1.88. The van der Waals surface area contributed by atoms with Crippen LogP contribution in [0.25, 0.3) is 0 Å². The number of anilines is 1. The molecule has 0 spiro atoms. The van der Waals surface area contributed by atoms with Crippen molar-refractivity contribution in [1.29, 1.82) is 0 Å². The van der Waals surface area contributed by atoms with Crippen molar-refractivity contribution in [1.82, 2.24) is 4.90 Å². The number of hydrogen-bond donors (Lipinski definition) is 1. The lowest BCUT2D eigenvalue weighted by atomic mass is 9.82. The smallest absolute Gasteiger partial charge is 0.262 e. The number of ether oxygens (including phenoxy) is 1. The average molecular weight is 368 g/mol. The Hall–Kier alpha value is -2.82. The Kier molecular flexibility index (Phi) is 6.61. The van der Waals surface area contributed by atoms with E-state index < -0.39 is 0 Å². The zero-order valence-electron chi connectivity index (χ0n) is 16.7. The molecule has 5 heteroatoms. The van der Waals surface area contributed by atoms with Crippen LogP contribution in [-0.4, -0.2) is 37.4 Å². The fraction of sp³-hybridized carbons (Fsp3) is 0.364. The van der Waals surface area contributed by atoms with Crippen LogP contribution in [0.4, 0.5) is 5.69 Å². The van der Waals surface area contributed by atoms with Crippen LogP contribution in [0.1, 0.15) is 43.1 Å². The largest absolute Gasteiger partial charge is 0.484 e. The summed E-state index contributed by atoms with van der Waals surface area (Å²) < 4.78 is 5.56. The van der Waals surface area contributed by atoms with Crippen molar-refractivity contribution in [3.05, 3.63) is 59.7 Å². The Morgan fingerprint density at radius 1 is 1.00 bits per heavy atom. The molecule has 0 radical (unpaired) electrons. The number of amides is 2. The van der Waals surface area contributed by atoms with Gasteiger partial charge in [0.05, 0.1) is 0 Å². The van der Waals surface area contributed by atoms with E-state index in [9.17, 15) is 9.59 Å². The molecule has 5 nitrogen and oxygen atoms in total. The average Bonchev–Trinajstić information content (AvgIpc) is 2.66. The molecule has 0 heterocycles. The standard InChI is InChI=1S/C22H28N2O3/c1-6-22(2,3)17-9-13-19(14-10-17)27-15-20(25)23-18-11-7-16(8-12-18)21(26)24(4)5/h7-14H,6,15H2,1-5H3,(H,23,25). The van der Waals surface area contributed by atoms with Crippen molar-refractivity contribution in [2.24, 2.45) is 0 Å². The second-order valence-electron chi connectivity index (χ2n) is 7.38. The molecule has 144 valence electrons. The first kappa shape index (κ1) is 20.5. The minimum atomic E-state index is -0.250. The van der Waals surface area contributed by atoms with Gasteiger partial charge in [-0.2, -0.15) is 0 Å². The number of nitrogens with zero attached hydrogens (tertiary/aromatic N) is 1. The highest BCUT2D eigenvalue weighted by atomic mass is 16.5. The first-order valence-electron chi connectivity index (χ1n) is 9.08. The molecule has 1 N–H and O–H groups in total. The van der Waals surface area contributed by atoms with Crippen molar-refractivity contribution in [2.45, 2.75) is 32.6 Å². The Morgan fingerprint density at radius 3 is 2.11 bits per heavy atom. The molecule has 0 atom stereocenters. The number of rotatable bonds is 7. The molecule has 2 amide bonds. The van der Waals surface area contributed by atoms with E-state index in [-0.39, 0.29) is 23.8 Å². The van der Waals surface area contributed by atoms with Crippen molar-refractivity contribution in [2.75, 3.05) is 26.0 Å². The SMILES string of the molecule is CCC(C)(C)c1ccc(OCC(=O)Nc2ccc(C(=O)N(C)C)cc2)cc1. The summed E-state index contributed by atoms with van der Waals surface area (Å²) >= 11 is 0. The normalized spacial score (nSPS) is 11.0. The molecule has 0 aromatic heterocycles. The number of benzene rings is 2. The number of carbonyl (C=O) groups excluding carboxylic acids is 2. The van der Waals surface area contributed by atoms with E-state index in [0.717, 1.165) is 6.42 Å². The molecule has 0 aliphatic heterocycles. The van der Waals surface area contributed by atoms with Gasteiger partial charge in [0.25, 0.3) is 11.8 Å². The van der Waals surface area contributed by atoms with E-state index in [1.54, 1.807) is 38.4 Å². The van der Waals surface area contributed by atoms with Gasteiger partial charge in [-0.05, 0) is 53.8 Å². The first-order chi connectivity index (χ1) is 12.7. The number of hydrogen-bond acceptors (Lipinski definition) is 3. The zero-order valence-corrected chi connectivity index (χ0v) is 16.7. The van der Waals surface area contributed by atoms with Crippen molar-refractivity contribution in [3.8, 4) is 5.75 Å². The van der Waals surface area contributed by atoms with E-state index in [1.165, 1.54) is 10.5 Å². The lowest BCUT2D eigenvalue weighted by Gasteiger charge is -2.23. The molecule has 0 bridgehead atoms. The summed E-state index contributed by atoms with van der Waals surface area (Å²) in [6.07, 6.45) is 1.05. The predicted molar refractivity (Wildman–Crippen MR) is 108 cm³/mol. The fourth-order valence-electron chi connectivity index (χ4n) is 2.51. The highest BCUT2D eigenvalue weighted by Crippen LogP contribution is 2.28. The second kappa shape index (κ2) is 8.71. The molecule has 2 rings (SSSR count). The summed E-state index contributed by atoms with van der Waals surface area (Å²) in [6.45, 7) is 6.49. The third-order valence-electron chi connectivity index (χ3n) is 4.71. The molecule has 0 fully saturated rings. The van der Waals surface area contributed by atoms with E-state index >= 15 is 0 Å². The minimum Gasteiger partial charge on any atom is -0.484 e. The van der Waals surface area contributed by atoms with Crippen molar-refractivity contribution in [3.63, 3.8) is 0 Å². The first-order valence-corrected chi connectivity index (χ1v) is 9.08. The molecule has 0 aliphatic rings. The predicted octanol–water partition coefficient (Wildman–Crippen LogP) is 4.09. The monoisotopic (exact) mass is 368 g/mol. The molecular weight excluding hydrogens is 340 g/mol. The quantitative estimate of drug-likeness (QED) is 0.801. The van der Waals surface area contributed by atoms with Gasteiger partial charge in [0.15, 0.2) is 6.61 Å². The van der Waals surface area contributed by atoms with Gasteiger partial charge >= 0.3 is 0 Å². The molecule has 0 saturated heterocycles. The lowest BCUT2D eigenvalue weighted by molar-refractivity contribution is -0.118. The molecule has 27 heavy (non-hydrogen) atoms. The van der Waals surface area contributed by atoms with Crippen LogP contribution in [-0.2, 0) is 10.2 Å². The Morgan fingerprint density at radius 2 is 1.59 bits per heavy atom. The molecule has 2 aromatic rings. The van der Waals surface area contributed by atoms with Crippen LogP contribution in [0.15, 0.2) is 48.5 Å². The van der Waals surface area contributed by atoms with Gasteiger partial charge < -0.3 is 15.0 Å². The molecule has 0 unspecified atom stereocenters. The summed E-state index contributed by atoms with van der Waals surface area (Å²) in [6, 6.07) is 14.6. The van der Waals surface area contributed by atoms with Gasteiger partial charge in [-0.15, -0.1) is 0 Å². The Bertz CT molecular complexity index is 778. The summed E-state index contributed by atoms with van der Waals surface area (Å²) in [7, 11) is 3.40. The van der Waals surface area contributed by atoms with E-state index in [0.29, 0.717) is 17.0 Å². The number of carbonyl (C=O) groups is 2. The maximum atomic E-state index is 12.1. The lowest BCUT2D eigenvalue weighted by Crippen LogP contribution is -2.22. The molecular formula is C22H28N2O3. The summed E-state index contributed by atoms with van der Waals surface area (Å²) in [5.74, 6) is 0.332. The van der Waals surface area contributed by atoms with Crippen LogP contribution in [0.5, 0.6) is 5.75 Å². The summed E-state index contributed by atoms with van der Waals surface area (Å²) in [5, 5.41) is 2.76. The van der Waals surface area contributed by atoms with Crippen molar-refractivity contribution >= 4 is 17.5 Å². The van der Waals surface area contributed by atoms with Gasteiger partial charge in [0.2, 0.25) is 0 Å². The van der Waals surface area contributed by atoms with Crippen LogP contribution < -0.4 is 10.1 Å². The van der Waals surface area contributed by atoms with Gasteiger partial charge in [-0.1, -0.05) is 32.9 Å². The van der Waals surface area contributed by atoms with Gasteiger partial charge in [-0.3, -0.25) is 9.59 Å². The van der Waals surface area contributed by atoms with Crippen LogP contribution in [0.3, 0.4) is 0 Å². The van der Waals surface area contributed by atoms with Crippen LogP contribution in [0, 0.1) is 0 Å². The Labute approximate surface area is 161 Å². The molecule has 2 aromatic carbocycles. The van der Waals surface area contributed by atoms with Gasteiger partial charge in [0, 0.05) is 25.3 Å². The third-order valence-corrected chi connectivity index (χ3v) is 4.71. The van der Waals surface area contributed by atoms with E-state index in [4.69, 9.17) is 4.74 Å². The van der Waals surface area contributed by atoms with Crippen LogP contribution in [0.2, 0.25) is 0 Å². The van der Waals surface area contributed by atoms with Gasteiger partial charge in [-0.25, -0.2) is 0 Å². The highest BCUT2D eigenvalue weighted by molar-refractivity contribution is 5.95. The zero-order chi connectivity index (χ0) is 20.0. The summed E-state index contributed by atoms with van der Waals surface area (Å²) in [5.41, 5.74) is 2.56. The molecule has 0 aliphatic carbocycles. The maximum absolute atomic E-state index is 12.1. The van der Waals surface area contributed by atoms with Crippen molar-refractivity contribution < 1.29 is 14.3 Å². The fourth-order valence-corrected chi connectivity index (χ4v) is 2.51. The van der Waals surface area contributed by atoms with Gasteiger partial charge in [0.1, 0.15) is 5.75 Å².